The molecule has 0 saturated carbocycles. The van der Waals surface area contributed by atoms with Crippen LogP contribution in [0.5, 0.6) is 0 Å². The van der Waals surface area contributed by atoms with E-state index in [9.17, 15) is 13.2 Å². The van der Waals surface area contributed by atoms with Crippen molar-refractivity contribution in [3.05, 3.63) is 35.4 Å². The number of likely N-dealkylation sites (N-methyl/N-ethyl adjacent to an activating group) is 1. The fourth-order valence-electron chi connectivity index (χ4n) is 4.00. The predicted molar refractivity (Wildman–Crippen MR) is 102 cm³/mol. The van der Waals surface area contributed by atoms with Crippen LogP contribution in [0.15, 0.2) is 24.3 Å². The van der Waals surface area contributed by atoms with E-state index < -0.39 is 10.0 Å². The summed E-state index contributed by atoms with van der Waals surface area (Å²) in [7, 11) is -1.25. The van der Waals surface area contributed by atoms with Gasteiger partial charge in [0.2, 0.25) is 15.9 Å². The second-order valence-electron chi connectivity index (χ2n) is 7.88. The maximum Gasteiger partial charge on any atom is 0.237 e. The van der Waals surface area contributed by atoms with E-state index in [0.29, 0.717) is 26.2 Å². The molecule has 3 aliphatic rings. The Morgan fingerprint density at radius 3 is 2.50 bits per heavy atom. The molecule has 1 amide bonds. The van der Waals surface area contributed by atoms with Crippen molar-refractivity contribution < 1.29 is 13.2 Å². The molecule has 3 fully saturated rings. The number of carbonyl (C=O) groups excluding carboxylic acids is 1. The molecule has 0 unspecified atom stereocenters. The maximum absolute atomic E-state index is 12.9. The van der Waals surface area contributed by atoms with Crippen LogP contribution in [0.1, 0.15) is 24.0 Å². The number of fused-ring (bicyclic) bond motifs is 4. The minimum absolute atomic E-state index is 0.00347. The SMILES string of the molecule is Cc1ccc(CN(C)CC(=O)N2C[C@H]3CC[C@@H]2CN(S(C)(=O)=O)C3)cc1. The van der Waals surface area contributed by atoms with E-state index in [1.54, 1.807) is 4.31 Å². The molecule has 0 radical (unpaired) electrons. The van der Waals surface area contributed by atoms with Gasteiger partial charge in [-0.2, -0.15) is 4.31 Å². The van der Waals surface area contributed by atoms with Crippen LogP contribution in [0.25, 0.3) is 0 Å². The van der Waals surface area contributed by atoms with Crippen LogP contribution >= 0.6 is 0 Å². The summed E-state index contributed by atoms with van der Waals surface area (Å²) in [4.78, 5) is 16.8. The Hall–Kier alpha value is -1.44. The minimum Gasteiger partial charge on any atom is -0.337 e. The number of piperidine rings is 1. The fourth-order valence-corrected chi connectivity index (χ4v) is 4.92. The Balaban J connectivity index is 1.61. The predicted octanol–water partition coefficient (Wildman–Crippen LogP) is 1.31. The van der Waals surface area contributed by atoms with Crippen LogP contribution in [-0.2, 0) is 21.4 Å². The van der Waals surface area contributed by atoms with Crippen molar-refractivity contribution in [2.75, 3.05) is 39.5 Å². The number of sulfonamides is 1. The molecule has 7 heteroatoms. The second kappa shape index (κ2) is 7.66. The standard InChI is InChI=1S/C19H29N3O3S/c1-15-4-6-16(7-5-15)10-20(2)14-19(23)22-12-17-8-9-18(22)13-21(11-17)26(3,24)25/h4-7,17-18H,8-14H2,1-3H3/t17-,18+/m0/s1. The van der Waals surface area contributed by atoms with Gasteiger partial charge in [-0.25, -0.2) is 8.42 Å². The van der Waals surface area contributed by atoms with Gasteiger partial charge >= 0.3 is 0 Å². The second-order valence-corrected chi connectivity index (χ2v) is 9.86. The van der Waals surface area contributed by atoms with Crippen LogP contribution in [0.4, 0.5) is 0 Å². The highest BCUT2D eigenvalue weighted by Crippen LogP contribution is 2.29. The number of carbonyl (C=O) groups is 1. The van der Waals surface area contributed by atoms with E-state index in [2.05, 4.69) is 31.2 Å². The average molecular weight is 380 g/mol. The summed E-state index contributed by atoms with van der Waals surface area (Å²) in [5.74, 6) is 0.347. The number of benzene rings is 1. The Morgan fingerprint density at radius 1 is 1.15 bits per heavy atom. The van der Waals surface area contributed by atoms with Gasteiger partial charge in [-0.15, -0.1) is 0 Å². The Morgan fingerprint density at radius 2 is 1.85 bits per heavy atom. The van der Waals surface area contributed by atoms with E-state index in [0.717, 1.165) is 19.4 Å². The summed E-state index contributed by atoms with van der Waals surface area (Å²) in [6.45, 7) is 4.79. The molecular formula is C19H29N3O3S. The number of hydrogen-bond donors (Lipinski definition) is 0. The largest absolute Gasteiger partial charge is 0.337 e. The highest BCUT2D eigenvalue weighted by molar-refractivity contribution is 7.88. The molecule has 0 aromatic heterocycles. The number of hydrogen-bond acceptors (Lipinski definition) is 4. The molecule has 3 aliphatic heterocycles. The number of amides is 1. The summed E-state index contributed by atoms with van der Waals surface area (Å²) in [6.07, 6.45) is 3.16. The topological polar surface area (TPSA) is 60.9 Å². The lowest BCUT2D eigenvalue weighted by Crippen LogP contribution is -2.50. The third kappa shape index (κ3) is 4.64. The van der Waals surface area contributed by atoms with Gasteiger partial charge in [-0.1, -0.05) is 29.8 Å². The molecular weight excluding hydrogens is 350 g/mol. The number of aryl methyl sites for hydroxylation is 1. The third-order valence-corrected chi connectivity index (χ3v) is 6.68. The molecule has 6 nitrogen and oxygen atoms in total. The third-order valence-electron chi connectivity index (χ3n) is 5.45. The molecule has 26 heavy (non-hydrogen) atoms. The highest BCUT2D eigenvalue weighted by atomic mass is 32.2. The zero-order valence-corrected chi connectivity index (χ0v) is 16.7. The molecule has 2 bridgehead atoms. The van der Waals surface area contributed by atoms with Gasteiger partial charge in [0.1, 0.15) is 0 Å². The monoisotopic (exact) mass is 379 g/mol. The maximum atomic E-state index is 12.9. The van der Waals surface area contributed by atoms with Crippen molar-refractivity contribution >= 4 is 15.9 Å². The van der Waals surface area contributed by atoms with Gasteiger partial charge in [0.05, 0.1) is 12.8 Å². The molecule has 0 spiro atoms. The van der Waals surface area contributed by atoms with Gasteiger partial charge in [-0.3, -0.25) is 9.69 Å². The highest BCUT2D eigenvalue weighted by Gasteiger charge is 2.39. The lowest BCUT2D eigenvalue weighted by Gasteiger charge is -2.37. The van der Waals surface area contributed by atoms with Crippen molar-refractivity contribution in [1.82, 2.24) is 14.1 Å². The quantitative estimate of drug-likeness (QED) is 0.774. The van der Waals surface area contributed by atoms with Crippen LogP contribution in [-0.4, -0.2) is 74.0 Å². The van der Waals surface area contributed by atoms with Gasteiger partial charge in [0, 0.05) is 32.2 Å². The molecule has 1 aromatic carbocycles. The van der Waals surface area contributed by atoms with E-state index in [1.165, 1.54) is 17.4 Å². The molecule has 144 valence electrons. The van der Waals surface area contributed by atoms with Crippen LogP contribution in [0.2, 0.25) is 0 Å². The first-order valence-corrected chi connectivity index (χ1v) is 11.1. The van der Waals surface area contributed by atoms with Crippen LogP contribution in [0.3, 0.4) is 0 Å². The smallest absolute Gasteiger partial charge is 0.237 e. The molecule has 1 aromatic rings. The van der Waals surface area contributed by atoms with Crippen LogP contribution in [0, 0.1) is 12.8 Å². The Labute approximate surface area is 156 Å². The zero-order valence-electron chi connectivity index (χ0n) is 15.9. The van der Waals surface area contributed by atoms with Crippen molar-refractivity contribution in [2.24, 2.45) is 5.92 Å². The fraction of sp³-hybridized carbons (Fsp3) is 0.632. The van der Waals surface area contributed by atoms with Gasteiger partial charge in [0.15, 0.2) is 0 Å². The van der Waals surface area contributed by atoms with Crippen molar-refractivity contribution in [3.8, 4) is 0 Å². The zero-order chi connectivity index (χ0) is 18.9. The first kappa shape index (κ1) is 19.3. The van der Waals surface area contributed by atoms with Crippen molar-refractivity contribution in [3.63, 3.8) is 0 Å². The Kier molecular flexibility index (Phi) is 5.69. The van der Waals surface area contributed by atoms with Crippen molar-refractivity contribution in [2.45, 2.75) is 32.4 Å². The molecule has 2 atom stereocenters. The minimum atomic E-state index is -3.21. The summed E-state index contributed by atoms with van der Waals surface area (Å²) in [5.41, 5.74) is 2.41. The molecule has 3 heterocycles. The Bertz CT molecular complexity index is 748. The molecule has 0 aliphatic carbocycles. The van der Waals surface area contributed by atoms with E-state index >= 15 is 0 Å². The van der Waals surface area contributed by atoms with Crippen LogP contribution < -0.4 is 0 Å². The summed E-state index contributed by atoms with van der Waals surface area (Å²) in [6, 6.07) is 8.35. The summed E-state index contributed by atoms with van der Waals surface area (Å²) < 4.78 is 25.5. The molecule has 3 saturated heterocycles. The van der Waals surface area contributed by atoms with Gasteiger partial charge in [-0.05, 0) is 38.3 Å². The van der Waals surface area contributed by atoms with E-state index in [-0.39, 0.29) is 17.9 Å². The number of rotatable bonds is 5. The van der Waals surface area contributed by atoms with E-state index in [4.69, 9.17) is 0 Å². The lowest BCUT2D eigenvalue weighted by molar-refractivity contribution is -0.136. The van der Waals surface area contributed by atoms with Crippen molar-refractivity contribution in [1.29, 1.82) is 0 Å². The summed E-state index contributed by atoms with van der Waals surface area (Å²) >= 11 is 0. The number of nitrogens with zero attached hydrogens (tertiary/aromatic N) is 3. The van der Waals surface area contributed by atoms with Gasteiger partial charge in [0.25, 0.3) is 0 Å². The lowest BCUT2D eigenvalue weighted by atomic mass is 9.95. The summed E-state index contributed by atoms with van der Waals surface area (Å²) in [5, 5.41) is 0. The molecule has 4 rings (SSSR count). The van der Waals surface area contributed by atoms with Gasteiger partial charge < -0.3 is 4.90 Å². The average Bonchev–Trinajstić information content (AvgIpc) is 2.89. The van der Waals surface area contributed by atoms with E-state index in [1.807, 2.05) is 16.8 Å². The molecule has 0 N–H and O–H groups in total. The first-order chi connectivity index (χ1) is 12.2. The normalized spacial score (nSPS) is 24.1. The first-order valence-electron chi connectivity index (χ1n) is 9.21.